The minimum atomic E-state index is -0.599. The third-order valence-electron chi connectivity index (χ3n) is 4.81. The second-order valence-corrected chi connectivity index (χ2v) is 9.34. The van der Waals surface area contributed by atoms with Crippen LogP contribution in [0.3, 0.4) is 0 Å². The lowest BCUT2D eigenvalue weighted by atomic mass is 9.87. The van der Waals surface area contributed by atoms with Crippen LogP contribution < -0.4 is 9.47 Å². The summed E-state index contributed by atoms with van der Waals surface area (Å²) < 4.78 is 11.4. The molecule has 31 heavy (non-hydrogen) atoms. The second-order valence-electron chi connectivity index (χ2n) is 9.34. The van der Waals surface area contributed by atoms with Gasteiger partial charge in [0.05, 0.1) is 4.92 Å². The Bertz CT molecular complexity index is 986. The number of aromatic nitrogens is 2. The Morgan fingerprint density at radius 1 is 0.710 bits per heavy atom. The lowest BCUT2D eigenvalue weighted by Gasteiger charge is -2.19. The monoisotopic (exact) mass is 421 g/mol. The molecule has 7 nitrogen and oxygen atoms in total. The predicted octanol–water partition coefficient (Wildman–Crippen LogP) is 6.56. The molecule has 3 aromatic rings. The van der Waals surface area contributed by atoms with E-state index in [0.717, 1.165) is 11.1 Å². The Labute approximate surface area is 182 Å². The molecule has 0 amide bonds. The van der Waals surface area contributed by atoms with Gasteiger partial charge in [0.1, 0.15) is 17.8 Å². The number of hydrogen-bond donors (Lipinski definition) is 0. The third kappa shape index (κ3) is 5.36. The van der Waals surface area contributed by atoms with Crippen LogP contribution >= 0.6 is 0 Å². The van der Waals surface area contributed by atoms with E-state index in [1.54, 1.807) is 24.3 Å². The largest absolute Gasteiger partial charge is 0.433 e. The van der Waals surface area contributed by atoms with Crippen LogP contribution in [0.25, 0.3) is 0 Å². The van der Waals surface area contributed by atoms with Crippen LogP contribution in [-0.2, 0) is 10.8 Å². The van der Waals surface area contributed by atoms with E-state index < -0.39 is 10.6 Å². The van der Waals surface area contributed by atoms with Crippen molar-refractivity contribution in [3.8, 4) is 23.3 Å². The molecule has 1 aromatic heterocycles. The standard InChI is InChI=1S/C24H27N3O4/c1-23(2,3)16-7-11-18(12-8-16)30-21-20(27(28)29)22(26-15-25-21)31-19-13-9-17(10-14-19)24(4,5)6/h7-15H,1-6H3. The van der Waals surface area contributed by atoms with Gasteiger partial charge in [0, 0.05) is 0 Å². The molecule has 0 unspecified atom stereocenters. The molecule has 0 spiro atoms. The molecule has 0 saturated heterocycles. The summed E-state index contributed by atoms with van der Waals surface area (Å²) in [6.07, 6.45) is 1.19. The number of rotatable bonds is 5. The van der Waals surface area contributed by atoms with E-state index in [2.05, 4.69) is 51.5 Å². The summed E-state index contributed by atoms with van der Waals surface area (Å²) in [5.74, 6) is 0.528. The number of benzene rings is 2. The second kappa shape index (κ2) is 8.34. The molecule has 0 radical (unpaired) electrons. The van der Waals surface area contributed by atoms with E-state index in [4.69, 9.17) is 9.47 Å². The summed E-state index contributed by atoms with van der Waals surface area (Å²) in [6, 6.07) is 14.8. The molecule has 0 N–H and O–H groups in total. The zero-order chi connectivity index (χ0) is 22.8. The number of ether oxygens (including phenoxy) is 2. The van der Waals surface area contributed by atoms with Crippen molar-refractivity contribution in [3.63, 3.8) is 0 Å². The van der Waals surface area contributed by atoms with Crippen molar-refractivity contribution in [3.05, 3.63) is 76.1 Å². The lowest BCUT2D eigenvalue weighted by molar-refractivity contribution is -0.387. The summed E-state index contributed by atoms with van der Waals surface area (Å²) in [5.41, 5.74) is 1.80. The molecule has 162 valence electrons. The lowest BCUT2D eigenvalue weighted by Crippen LogP contribution is -2.10. The molecule has 2 aromatic carbocycles. The molecule has 1 heterocycles. The molecule has 3 rings (SSSR count). The van der Waals surface area contributed by atoms with Crippen molar-refractivity contribution in [2.24, 2.45) is 0 Å². The zero-order valence-electron chi connectivity index (χ0n) is 18.7. The van der Waals surface area contributed by atoms with Crippen molar-refractivity contribution in [2.75, 3.05) is 0 Å². The van der Waals surface area contributed by atoms with E-state index >= 15 is 0 Å². The van der Waals surface area contributed by atoms with Crippen LogP contribution in [0.1, 0.15) is 52.7 Å². The Kier molecular flexibility index (Phi) is 5.97. The molecule has 0 aliphatic rings. The number of nitro groups is 1. The Balaban J connectivity index is 1.88. The van der Waals surface area contributed by atoms with Crippen LogP contribution in [-0.4, -0.2) is 14.9 Å². The molecule has 0 saturated carbocycles. The summed E-state index contributed by atoms with van der Waals surface area (Å²) in [6.45, 7) is 12.6. The van der Waals surface area contributed by atoms with Gasteiger partial charge in [-0.1, -0.05) is 65.8 Å². The van der Waals surface area contributed by atoms with Crippen molar-refractivity contribution >= 4 is 5.69 Å². The van der Waals surface area contributed by atoms with Gasteiger partial charge in [-0.25, -0.2) is 0 Å². The fourth-order valence-electron chi connectivity index (χ4n) is 2.92. The van der Waals surface area contributed by atoms with Gasteiger partial charge >= 0.3 is 17.4 Å². The summed E-state index contributed by atoms with van der Waals surface area (Å²) in [4.78, 5) is 19.1. The first-order valence-electron chi connectivity index (χ1n) is 10.0. The van der Waals surface area contributed by atoms with Gasteiger partial charge in [0.2, 0.25) is 0 Å². The van der Waals surface area contributed by atoms with E-state index in [0.29, 0.717) is 11.5 Å². The minimum absolute atomic E-state index is 0.0109. The van der Waals surface area contributed by atoms with Crippen LogP contribution in [0.15, 0.2) is 54.9 Å². The maximum Gasteiger partial charge on any atom is 0.393 e. The number of nitrogens with zero attached hydrogens (tertiary/aromatic N) is 3. The highest BCUT2D eigenvalue weighted by Crippen LogP contribution is 2.38. The van der Waals surface area contributed by atoms with Gasteiger partial charge in [-0.15, -0.1) is 0 Å². The molecule has 0 aliphatic heterocycles. The fourth-order valence-corrected chi connectivity index (χ4v) is 2.92. The maximum atomic E-state index is 11.8. The summed E-state index contributed by atoms with van der Waals surface area (Å²) >= 11 is 0. The average Bonchev–Trinajstić information content (AvgIpc) is 2.67. The van der Waals surface area contributed by atoms with Crippen LogP contribution in [0, 0.1) is 10.1 Å². The SMILES string of the molecule is CC(C)(C)c1ccc(Oc2ncnc(Oc3ccc(C(C)(C)C)cc3)c2[N+](=O)[O-])cc1. The fraction of sp³-hybridized carbons (Fsp3) is 0.333. The van der Waals surface area contributed by atoms with Gasteiger partial charge < -0.3 is 9.47 Å². The first-order chi connectivity index (χ1) is 14.4. The average molecular weight is 421 g/mol. The van der Waals surface area contributed by atoms with Gasteiger partial charge in [-0.05, 0) is 46.2 Å². The topological polar surface area (TPSA) is 87.4 Å². The van der Waals surface area contributed by atoms with E-state index in [9.17, 15) is 10.1 Å². The third-order valence-corrected chi connectivity index (χ3v) is 4.81. The van der Waals surface area contributed by atoms with Gasteiger partial charge in [0.25, 0.3) is 0 Å². The van der Waals surface area contributed by atoms with Crippen molar-refractivity contribution in [1.29, 1.82) is 0 Å². The quantitative estimate of drug-likeness (QED) is 0.342. The maximum absolute atomic E-state index is 11.8. The van der Waals surface area contributed by atoms with E-state index in [-0.39, 0.29) is 22.6 Å². The van der Waals surface area contributed by atoms with Gasteiger partial charge in [-0.3, -0.25) is 10.1 Å². The molecule has 0 bridgehead atoms. The highest BCUT2D eigenvalue weighted by molar-refractivity contribution is 5.52. The van der Waals surface area contributed by atoms with Crippen LogP contribution in [0.2, 0.25) is 0 Å². The summed E-state index contributed by atoms with van der Waals surface area (Å²) in [5, 5.41) is 11.8. The number of hydrogen-bond acceptors (Lipinski definition) is 6. The Morgan fingerprint density at radius 2 is 1.06 bits per heavy atom. The smallest absolute Gasteiger partial charge is 0.393 e. The van der Waals surface area contributed by atoms with E-state index in [1.807, 2.05) is 24.3 Å². The van der Waals surface area contributed by atoms with Gasteiger partial charge in [0.15, 0.2) is 0 Å². The Hall–Kier alpha value is -3.48. The molecule has 0 atom stereocenters. The van der Waals surface area contributed by atoms with Crippen LogP contribution in [0.5, 0.6) is 23.3 Å². The van der Waals surface area contributed by atoms with Crippen molar-refractivity contribution in [2.45, 2.75) is 52.4 Å². The van der Waals surface area contributed by atoms with Crippen LogP contribution in [0.4, 0.5) is 5.69 Å². The highest BCUT2D eigenvalue weighted by atomic mass is 16.6. The normalized spacial score (nSPS) is 11.8. The minimum Gasteiger partial charge on any atom is -0.433 e. The highest BCUT2D eigenvalue weighted by Gasteiger charge is 2.27. The predicted molar refractivity (Wildman–Crippen MR) is 119 cm³/mol. The van der Waals surface area contributed by atoms with E-state index in [1.165, 1.54) is 6.33 Å². The van der Waals surface area contributed by atoms with Crippen molar-refractivity contribution < 1.29 is 14.4 Å². The van der Waals surface area contributed by atoms with Crippen molar-refractivity contribution in [1.82, 2.24) is 9.97 Å². The zero-order valence-corrected chi connectivity index (χ0v) is 18.7. The molecule has 0 aliphatic carbocycles. The Morgan fingerprint density at radius 3 is 1.35 bits per heavy atom. The molecule has 0 fully saturated rings. The molecule has 7 heteroatoms. The first kappa shape index (κ1) is 22.2. The molecular formula is C24H27N3O4. The molecular weight excluding hydrogens is 394 g/mol. The van der Waals surface area contributed by atoms with Gasteiger partial charge in [-0.2, -0.15) is 9.97 Å². The summed E-state index contributed by atoms with van der Waals surface area (Å²) in [7, 11) is 0. The first-order valence-corrected chi connectivity index (χ1v) is 10.0.